The molecule has 2 atom stereocenters. The third-order valence-corrected chi connectivity index (χ3v) is 5.40. The van der Waals surface area contributed by atoms with Gasteiger partial charge in [0.15, 0.2) is 0 Å². The van der Waals surface area contributed by atoms with Gasteiger partial charge < -0.3 is 9.64 Å². The molecule has 23 heavy (non-hydrogen) atoms. The molecule has 3 N–H and O–H groups in total. The largest absolute Gasteiger partial charge is 0.444 e. The number of rotatable bonds is 5. The molecule has 0 bridgehead atoms. The molecule has 0 radical (unpaired) electrons. The van der Waals surface area contributed by atoms with E-state index in [1.54, 1.807) is 4.90 Å². The van der Waals surface area contributed by atoms with Gasteiger partial charge >= 0.3 is 6.09 Å². The van der Waals surface area contributed by atoms with Crippen LogP contribution in [-0.4, -0.2) is 35.7 Å². The van der Waals surface area contributed by atoms with E-state index in [0.717, 1.165) is 25.8 Å². The average Bonchev–Trinajstić information content (AvgIpc) is 3.12. The van der Waals surface area contributed by atoms with Crippen molar-refractivity contribution >= 4 is 17.4 Å². The molecule has 2 rings (SSSR count). The fourth-order valence-electron chi connectivity index (χ4n) is 2.91. The number of thiophene rings is 1. The van der Waals surface area contributed by atoms with Crippen LogP contribution in [0.5, 0.6) is 0 Å². The molecule has 1 aromatic rings. The monoisotopic (exact) mass is 339 g/mol. The molecule has 0 saturated carbocycles. The number of aryl methyl sites for hydroxylation is 1. The lowest BCUT2D eigenvalue weighted by Gasteiger charge is -2.26. The summed E-state index contributed by atoms with van der Waals surface area (Å²) in [5.74, 6) is 6.14. The van der Waals surface area contributed by atoms with Crippen molar-refractivity contribution in [2.75, 3.05) is 13.1 Å². The van der Waals surface area contributed by atoms with Gasteiger partial charge in [-0.3, -0.25) is 11.3 Å². The van der Waals surface area contributed by atoms with Crippen LogP contribution >= 0.6 is 11.3 Å². The van der Waals surface area contributed by atoms with Crippen molar-refractivity contribution in [3.63, 3.8) is 0 Å². The minimum Gasteiger partial charge on any atom is -0.444 e. The van der Waals surface area contributed by atoms with E-state index in [9.17, 15) is 4.79 Å². The van der Waals surface area contributed by atoms with Gasteiger partial charge in [0.2, 0.25) is 0 Å². The van der Waals surface area contributed by atoms with Crippen LogP contribution in [0.1, 0.15) is 43.9 Å². The van der Waals surface area contributed by atoms with E-state index in [2.05, 4.69) is 24.5 Å². The number of hydrogen-bond donors (Lipinski definition) is 2. The summed E-state index contributed by atoms with van der Waals surface area (Å²) in [5.41, 5.74) is 2.51. The number of nitrogens with zero attached hydrogens (tertiary/aromatic N) is 1. The maximum atomic E-state index is 12.2. The van der Waals surface area contributed by atoms with E-state index >= 15 is 0 Å². The van der Waals surface area contributed by atoms with Gasteiger partial charge in [0.25, 0.3) is 0 Å². The van der Waals surface area contributed by atoms with Crippen molar-refractivity contribution in [1.82, 2.24) is 10.3 Å². The fourth-order valence-corrected chi connectivity index (χ4v) is 3.92. The minimum atomic E-state index is -0.450. The lowest BCUT2D eigenvalue weighted by molar-refractivity contribution is 0.0285. The molecule has 1 fully saturated rings. The normalized spacial score (nSPS) is 19.9. The summed E-state index contributed by atoms with van der Waals surface area (Å²) in [6, 6.07) is 4.56. The van der Waals surface area contributed by atoms with Crippen molar-refractivity contribution in [2.24, 2.45) is 11.8 Å². The molecule has 5 nitrogen and oxygen atoms in total. The standard InChI is InChI=1S/C17H29N3O2S/c1-5-13-6-7-14(23-13)10-15(19-18)12-8-9-20(11-12)16(21)22-17(2,3)4/h6-7,12,15,19H,5,8-11,18H2,1-4H3. The van der Waals surface area contributed by atoms with Gasteiger partial charge in [-0.25, -0.2) is 4.79 Å². The second-order valence-electron chi connectivity index (χ2n) is 7.17. The first-order valence-corrected chi connectivity index (χ1v) is 9.15. The van der Waals surface area contributed by atoms with E-state index in [-0.39, 0.29) is 12.1 Å². The quantitative estimate of drug-likeness (QED) is 0.639. The van der Waals surface area contributed by atoms with Gasteiger partial charge in [-0.15, -0.1) is 11.3 Å². The summed E-state index contributed by atoms with van der Waals surface area (Å²) in [4.78, 5) is 16.7. The smallest absolute Gasteiger partial charge is 0.410 e. The molecule has 1 saturated heterocycles. The number of likely N-dealkylation sites (tertiary alicyclic amines) is 1. The summed E-state index contributed by atoms with van der Waals surface area (Å²) in [6.07, 6.45) is 2.72. The summed E-state index contributed by atoms with van der Waals surface area (Å²) in [5, 5.41) is 0. The van der Waals surface area contributed by atoms with Crippen LogP contribution in [0.2, 0.25) is 0 Å². The number of carbonyl (C=O) groups excluding carboxylic acids is 1. The highest BCUT2D eigenvalue weighted by Crippen LogP contribution is 2.26. The van der Waals surface area contributed by atoms with Gasteiger partial charge in [0.05, 0.1) is 0 Å². The Morgan fingerprint density at radius 3 is 2.74 bits per heavy atom. The highest BCUT2D eigenvalue weighted by atomic mass is 32.1. The number of ether oxygens (including phenoxy) is 1. The zero-order chi connectivity index (χ0) is 17.0. The van der Waals surface area contributed by atoms with Crippen LogP contribution < -0.4 is 11.3 Å². The Hall–Kier alpha value is -1.11. The molecule has 0 spiro atoms. The minimum absolute atomic E-state index is 0.186. The van der Waals surface area contributed by atoms with Crippen LogP contribution in [0.4, 0.5) is 4.79 Å². The van der Waals surface area contributed by atoms with Crippen LogP contribution in [0.3, 0.4) is 0 Å². The molecule has 2 heterocycles. The maximum absolute atomic E-state index is 12.2. The molecule has 2 unspecified atom stereocenters. The molecule has 0 aliphatic carbocycles. The topological polar surface area (TPSA) is 67.6 Å². The van der Waals surface area contributed by atoms with E-state index in [1.165, 1.54) is 9.75 Å². The third-order valence-electron chi connectivity index (χ3n) is 4.15. The van der Waals surface area contributed by atoms with Gasteiger partial charge in [-0.1, -0.05) is 6.92 Å². The van der Waals surface area contributed by atoms with E-state index in [1.807, 2.05) is 32.1 Å². The average molecular weight is 340 g/mol. The number of hydrogen-bond acceptors (Lipinski definition) is 5. The van der Waals surface area contributed by atoms with Crippen LogP contribution in [0.15, 0.2) is 12.1 Å². The SMILES string of the molecule is CCc1ccc(CC(NN)C2CCN(C(=O)OC(C)(C)C)C2)s1. The van der Waals surface area contributed by atoms with Crippen LogP contribution in [-0.2, 0) is 17.6 Å². The summed E-state index contributed by atoms with van der Waals surface area (Å²) < 4.78 is 5.46. The first-order chi connectivity index (χ1) is 10.8. The van der Waals surface area contributed by atoms with E-state index < -0.39 is 5.60 Å². The zero-order valence-corrected chi connectivity index (χ0v) is 15.4. The van der Waals surface area contributed by atoms with Crippen molar-refractivity contribution in [1.29, 1.82) is 0 Å². The van der Waals surface area contributed by atoms with Crippen molar-refractivity contribution < 1.29 is 9.53 Å². The Labute approximate surface area is 143 Å². The first kappa shape index (κ1) is 18.2. The lowest BCUT2D eigenvalue weighted by Crippen LogP contribution is -2.44. The molecule has 1 amide bonds. The van der Waals surface area contributed by atoms with Gasteiger partial charge in [-0.2, -0.15) is 0 Å². The van der Waals surface area contributed by atoms with Crippen molar-refractivity contribution in [3.05, 3.63) is 21.9 Å². The second-order valence-corrected chi connectivity index (χ2v) is 8.43. The second kappa shape index (κ2) is 7.64. The molecular weight excluding hydrogens is 310 g/mol. The van der Waals surface area contributed by atoms with Crippen molar-refractivity contribution in [2.45, 2.75) is 58.6 Å². The summed E-state index contributed by atoms with van der Waals surface area (Å²) >= 11 is 1.85. The Kier molecular flexibility index (Phi) is 6.06. The number of nitrogens with one attached hydrogen (secondary N) is 1. The molecule has 1 aliphatic rings. The van der Waals surface area contributed by atoms with Gasteiger partial charge in [0.1, 0.15) is 5.60 Å². The number of nitrogens with two attached hydrogens (primary N) is 1. The first-order valence-electron chi connectivity index (χ1n) is 8.34. The van der Waals surface area contributed by atoms with Crippen molar-refractivity contribution in [3.8, 4) is 0 Å². The van der Waals surface area contributed by atoms with Crippen LogP contribution in [0.25, 0.3) is 0 Å². The predicted octanol–water partition coefficient (Wildman–Crippen LogP) is 2.94. The number of carbonyl (C=O) groups is 1. The van der Waals surface area contributed by atoms with E-state index in [0.29, 0.717) is 12.5 Å². The van der Waals surface area contributed by atoms with E-state index in [4.69, 9.17) is 10.6 Å². The highest BCUT2D eigenvalue weighted by Gasteiger charge is 2.33. The molecule has 1 aromatic heterocycles. The molecule has 0 aromatic carbocycles. The summed E-state index contributed by atoms with van der Waals surface area (Å²) in [7, 11) is 0. The highest BCUT2D eigenvalue weighted by molar-refractivity contribution is 7.11. The number of hydrazine groups is 1. The molecule has 1 aliphatic heterocycles. The Morgan fingerprint density at radius 1 is 1.48 bits per heavy atom. The lowest BCUT2D eigenvalue weighted by atomic mass is 9.96. The number of amides is 1. The Morgan fingerprint density at radius 2 is 2.17 bits per heavy atom. The Bertz CT molecular complexity index is 524. The van der Waals surface area contributed by atoms with Gasteiger partial charge in [-0.05, 0) is 58.1 Å². The molecule has 130 valence electrons. The molecular formula is C17H29N3O2S. The zero-order valence-electron chi connectivity index (χ0n) is 14.6. The molecule has 6 heteroatoms. The van der Waals surface area contributed by atoms with Crippen LogP contribution in [0, 0.1) is 5.92 Å². The summed E-state index contributed by atoms with van der Waals surface area (Å²) in [6.45, 7) is 9.29. The van der Waals surface area contributed by atoms with Gasteiger partial charge in [0, 0.05) is 28.9 Å². The fraction of sp³-hybridized carbons (Fsp3) is 0.706. The predicted molar refractivity (Wildman–Crippen MR) is 94.4 cm³/mol. The third kappa shape index (κ3) is 5.19. The Balaban J connectivity index is 1.91. The maximum Gasteiger partial charge on any atom is 0.410 e.